The lowest BCUT2D eigenvalue weighted by Gasteiger charge is -2.42. The molecule has 164 valence electrons. The zero-order chi connectivity index (χ0) is 21.4. The largest absolute Gasteiger partial charge is 0.441 e. The van der Waals surface area contributed by atoms with Crippen molar-refractivity contribution in [3.8, 4) is 0 Å². The molecule has 1 amide bonds. The molecule has 1 aliphatic carbocycles. The van der Waals surface area contributed by atoms with E-state index >= 15 is 0 Å². The van der Waals surface area contributed by atoms with Crippen molar-refractivity contribution in [1.29, 1.82) is 0 Å². The second-order valence-electron chi connectivity index (χ2n) is 8.63. The molecule has 0 aromatic heterocycles. The fourth-order valence-corrected chi connectivity index (χ4v) is 4.63. The van der Waals surface area contributed by atoms with Gasteiger partial charge in [0.2, 0.25) is 0 Å². The van der Waals surface area contributed by atoms with E-state index in [2.05, 4.69) is 5.32 Å². The van der Waals surface area contributed by atoms with Crippen molar-refractivity contribution in [3.63, 3.8) is 0 Å². The Hall–Kier alpha value is -2.45. The topological polar surface area (TPSA) is 75.3 Å². The SMILES string of the molecule is CC1(C)O[C@@H]2[C@H](O1)[C@@H]1OC(=O)N[C@H]1[C@H](OCc1ccccc1)[C@H]2OCc1ccccc1. The molecule has 5 rings (SSSR count). The molecule has 0 spiro atoms. The Morgan fingerprint density at radius 1 is 0.806 bits per heavy atom. The number of hydrogen-bond acceptors (Lipinski definition) is 6. The third kappa shape index (κ3) is 4.19. The summed E-state index contributed by atoms with van der Waals surface area (Å²) >= 11 is 0. The zero-order valence-corrected chi connectivity index (χ0v) is 17.6. The van der Waals surface area contributed by atoms with Crippen molar-refractivity contribution in [2.24, 2.45) is 0 Å². The second-order valence-corrected chi connectivity index (χ2v) is 8.63. The standard InChI is InChI=1S/C24H27NO6/c1-24(2)30-21-19-17(25-23(26)29-19)18(27-13-15-9-5-3-6-10-15)20(22(21)31-24)28-14-16-11-7-4-8-12-16/h3-12,17-22H,13-14H2,1-2H3,(H,25,26)/t17-,18-,19+,20+,21+,22-/m0/s1. The normalized spacial score (nSPS) is 33.3. The first-order valence-corrected chi connectivity index (χ1v) is 10.6. The van der Waals surface area contributed by atoms with Crippen LogP contribution in [0.1, 0.15) is 25.0 Å². The van der Waals surface area contributed by atoms with Gasteiger partial charge >= 0.3 is 6.09 Å². The summed E-state index contributed by atoms with van der Waals surface area (Å²) in [6, 6.07) is 19.5. The van der Waals surface area contributed by atoms with E-state index in [1.807, 2.05) is 74.5 Å². The minimum Gasteiger partial charge on any atom is -0.441 e. The fraction of sp³-hybridized carbons (Fsp3) is 0.458. The molecule has 7 nitrogen and oxygen atoms in total. The van der Waals surface area contributed by atoms with Crippen LogP contribution in [0.15, 0.2) is 60.7 Å². The summed E-state index contributed by atoms with van der Waals surface area (Å²) in [6.07, 6.45) is -2.74. The Morgan fingerprint density at radius 2 is 1.35 bits per heavy atom. The Balaban J connectivity index is 1.42. The molecule has 7 heteroatoms. The minimum absolute atomic E-state index is 0.386. The Kier molecular flexibility index (Phi) is 5.44. The first-order chi connectivity index (χ1) is 15.0. The van der Waals surface area contributed by atoms with E-state index < -0.39 is 48.4 Å². The molecule has 1 N–H and O–H groups in total. The van der Waals surface area contributed by atoms with Gasteiger partial charge in [0.1, 0.15) is 30.5 Å². The predicted octanol–water partition coefficient (Wildman–Crippen LogP) is 3.17. The van der Waals surface area contributed by atoms with Crippen molar-refractivity contribution in [1.82, 2.24) is 5.32 Å². The van der Waals surface area contributed by atoms with Crippen LogP contribution in [0.4, 0.5) is 4.79 Å². The van der Waals surface area contributed by atoms with Gasteiger partial charge in [-0.1, -0.05) is 60.7 Å². The summed E-state index contributed by atoms with van der Waals surface area (Å²) in [5.41, 5.74) is 2.09. The highest BCUT2D eigenvalue weighted by Crippen LogP contribution is 2.42. The Morgan fingerprint density at radius 3 is 1.97 bits per heavy atom. The van der Waals surface area contributed by atoms with Gasteiger partial charge in [0.25, 0.3) is 0 Å². The monoisotopic (exact) mass is 425 g/mol. The molecule has 3 aliphatic rings. The number of carbonyl (C=O) groups excluding carboxylic acids is 1. The van der Waals surface area contributed by atoms with Crippen LogP contribution in [0.5, 0.6) is 0 Å². The molecule has 2 saturated heterocycles. The lowest BCUT2D eigenvalue weighted by atomic mass is 9.83. The highest BCUT2D eigenvalue weighted by atomic mass is 16.8. The van der Waals surface area contributed by atoms with Crippen molar-refractivity contribution in [2.45, 2.75) is 69.4 Å². The Bertz CT molecular complexity index is 905. The van der Waals surface area contributed by atoms with Crippen LogP contribution in [0, 0.1) is 0 Å². The van der Waals surface area contributed by atoms with Crippen molar-refractivity contribution in [3.05, 3.63) is 71.8 Å². The second kappa shape index (κ2) is 8.24. The van der Waals surface area contributed by atoms with Crippen LogP contribution in [0.25, 0.3) is 0 Å². The molecule has 6 atom stereocenters. The summed E-state index contributed by atoms with van der Waals surface area (Å²) in [7, 11) is 0. The summed E-state index contributed by atoms with van der Waals surface area (Å²) < 4.78 is 30.7. The predicted molar refractivity (Wildman–Crippen MR) is 111 cm³/mol. The van der Waals surface area contributed by atoms with E-state index in [0.29, 0.717) is 13.2 Å². The van der Waals surface area contributed by atoms with Crippen LogP contribution in [0.3, 0.4) is 0 Å². The van der Waals surface area contributed by atoms with E-state index in [-0.39, 0.29) is 0 Å². The molecule has 2 heterocycles. The van der Waals surface area contributed by atoms with E-state index in [1.54, 1.807) is 0 Å². The maximum Gasteiger partial charge on any atom is 0.408 e. The quantitative estimate of drug-likeness (QED) is 0.766. The number of amides is 1. The van der Waals surface area contributed by atoms with E-state index in [1.165, 1.54) is 0 Å². The average molecular weight is 425 g/mol. The summed E-state index contributed by atoms with van der Waals surface area (Å²) in [6.45, 7) is 4.50. The highest BCUT2D eigenvalue weighted by molar-refractivity contribution is 5.70. The summed E-state index contributed by atoms with van der Waals surface area (Å²) in [5.74, 6) is -0.808. The number of nitrogens with one attached hydrogen (secondary N) is 1. The molecular formula is C24H27NO6. The number of rotatable bonds is 6. The van der Waals surface area contributed by atoms with Crippen LogP contribution in [-0.4, -0.2) is 48.4 Å². The first-order valence-electron chi connectivity index (χ1n) is 10.6. The average Bonchev–Trinajstić information content (AvgIpc) is 3.31. The lowest BCUT2D eigenvalue weighted by Crippen LogP contribution is -2.65. The molecule has 2 aromatic carbocycles. The smallest absolute Gasteiger partial charge is 0.408 e. The molecule has 0 radical (unpaired) electrons. The van der Waals surface area contributed by atoms with Crippen molar-refractivity contribution in [2.75, 3.05) is 0 Å². The van der Waals surface area contributed by atoms with E-state index in [4.69, 9.17) is 23.7 Å². The molecule has 2 aromatic rings. The van der Waals surface area contributed by atoms with Gasteiger partial charge in [-0.25, -0.2) is 4.79 Å². The Labute approximate surface area is 181 Å². The summed E-state index contributed by atoms with van der Waals surface area (Å²) in [4.78, 5) is 12.1. The molecule has 2 aliphatic heterocycles. The van der Waals surface area contributed by atoms with Gasteiger partial charge in [-0.2, -0.15) is 0 Å². The first kappa shape index (κ1) is 20.5. The van der Waals surface area contributed by atoms with Crippen LogP contribution >= 0.6 is 0 Å². The number of carbonyl (C=O) groups is 1. The van der Waals surface area contributed by atoms with Crippen molar-refractivity contribution < 1.29 is 28.5 Å². The summed E-state index contributed by atoms with van der Waals surface area (Å²) in [5, 5.41) is 2.91. The van der Waals surface area contributed by atoms with Crippen LogP contribution < -0.4 is 5.32 Å². The van der Waals surface area contributed by atoms with Gasteiger partial charge in [-0.05, 0) is 25.0 Å². The van der Waals surface area contributed by atoms with E-state index in [9.17, 15) is 4.79 Å². The van der Waals surface area contributed by atoms with Gasteiger partial charge in [0.15, 0.2) is 11.9 Å². The highest BCUT2D eigenvalue weighted by Gasteiger charge is 2.63. The van der Waals surface area contributed by atoms with Crippen LogP contribution in [-0.2, 0) is 36.9 Å². The van der Waals surface area contributed by atoms with Crippen LogP contribution in [0.2, 0.25) is 0 Å². The zero-order valence-electron chi connectivity index (χ0n) is 17.6. The van der Waals surface area contributed by atoms with Gasteiger partial charge in [-0.15, -0.1) is 0 Å². The third-order valence-electron chi connectivity index (χ3n) is 5.94. The van der Waals surface area contributed by atoms with Crippen molar-refractivity contribution >= 4 is 6.09 Å². The minimum atomic E-state index is -0.808. The molecule has 31 heavy (non-hydrogen) atoms. The number of alkyl carbamates (subject to hydrolysis) is 1. The third-order valence-corrected chi connectivity index (χ3v) is 5.94. The fourth-order valence-electron chi connectivity index (χ4n) is 4.63. The molecule has 1 saturated carbocycles. The van der Waals surface area contributed by atoms with Gasteiger partial charge in [0, 0.05) is 0 Å². The number of hydrogen-bond donors (Lipinski definition) is 1. The maximum absolute atomic E-state index is 12.1. The molecular weight excluding hydrogens is 398 g/mol. The number of fused-ring (bicyclic) bond motifs is 3. The van der Waals surface area contributed by atoms with Gasteiger partial charge in [0.05, 0.1) is 13.2 Å². The number of benzene rings is 2. The molecule has 0 unspecified atom stereocenters. The maximum atomic E-state index is 12.1. The van der Waals surface area contributed by atoms with Gasteiger partial charge < -0.3 is 29.0 Å². The van der Waals surface area contributed by atoms with Gasteiger partial charge in [-0.3, -0.25) is 0 Å². The molecule has 0 bridgehead atoms. The number of ether oxygens (including phenoxy) is 5. The molecule has 3 fully saturated rings. The van der Waals surface area contributed by atoms with E-state index in [0.717, 1.165) is 11.1 Å². The lowest BCUT2D eigenvalue weighted by molar-refractivity contribution is -0.188.